The summed E-state index contributed by atoms with van der Waals surface area (Å²) in [7, 11) is 1.86. The smallest absolute Gasteiger partial charge is 0.320 e. The third-order valence-corrected chi connectivity index (χ3v) is 3.03. The minimum absolute atomic E-state index is 0.181. The standard InChI is InChI=1S/C10H20N2O3/c1-12-9(6-8(11)10(13)14)7-2-4-15-5-3-7/h7-9,12H,2-6,11H2,1H3,(H,13,14). The largest absolute Gasteiger partial charge is 0.480 e. The van der Waals surface area contributed by atoms with E-state index >= 15 is 0 Å². The molecule has 0 aromatic heterocycles. The van der Waals surface area contributed by atoms with Crippen molar-refractivity contribution < 1.29 is 14.6 Å². The lowest BCUT2D eigenvalue weighted by Gasteiger charge is -2.30. The van der Waals surface area contributed by atoms with Crippen LogP contribution in [0.4, 0.5) is 0 Å². The Kier molecular flexibility index (Phi) is 5.01. The van der Waals surface area contributed by atoms with Crippen molar-refractivity contribution in [2.24, 2.45) is 11.7 Å². The number of ether oxygens (including phenoxy) is 1. The second kappa shape index (κ2) is 6.05. The Balaban J connectivity index is 2.43. The number of carboxylic acids is 1. The number of hydrogen-bond donors (Lipinski definition) is 3. The van der Waals surface area contributed by atoms with E-state index in [2.05, 4.69) is 5.32 Å². The molecule has 2 unspecified atom stereocenters. The molecule has 4 N–H and O–H groups in total. The third-order valence-electron chi connectivity index (χ3n) is 3.03. The Morgan fingerprint density at radius 3 is 2.67 bits per heavy atom. The first-order chi connectivity index (χ1) is 7.15. The number of rotatable bonds is 5. The molecule has 1 rings (SSSR count). The molecule has 5 nitrogen and oxygen atoms in total. The molecule has 1 fully saturated rings. The van der Waals surface area contributed by atoms with Crippen LogP contribution in [0.5, 0.6) is 0 Å². The zero-order chi connectivity index (χ0) is 11.3. The molecule has 5 heteroatoms. The van der Waals surface area contributed by atoms with E-state index in [1.807, 2.05) is 7.05 Å². The van der Waals surface area contributed by atoms with Gasteiger partial charge in [-0.3, -0.25) is 4.79 Å². The molecule has 1 saturated heterocycles. The van der Waals surface area contributed by atoms with Crippen LogP contribution in [0.3, 0.4) is 0 Å². The van der Waals surface area contributed by atoms with E-state index in [0.29, 0.717) is 12.3 Å². The van der Waals surface area contributed by atoms with Crippen molar-refractivity contribution in [1.82, 2.24) is 5.32 Å². The van der Waals surface area contributed by atoms with Crippen molar-refractivity contribution in [3.63, 3.8) is 0 Å². The molecule has 2 atom stereocenters. The van der Waals surface area contributed by atoms with Gasteiger partial charge in [-0.2, -0.15) is 0 Å². The van der Waals surface area contributed by atoms with Crippen LogP contribution < -0.4 is 11.1 Å². The van der Waals surface area contributed by atoms with Gasteiger partial charge in [-0.05, 0) is 32.2 Å². The van der Waals surface area contributed by atoms with Crippen LogP contribution in [0.2, 0.25) is 0 Å². The molecule has 0 radical (unpaired) electrons. The van der Waals surface area contributed by atoms with E-state index in [1.54, 1.807) is 0 Å². The predicted molar refractivity (Wildman–Crippen MR) is 56.6 cm³/mol. The summed E-state index contributed by atoms with van der Waals surface area (Å²) in [6.45, 7) is 1.54. The van der Waals surface area contributed by atoms with Gasteiger partial charge in [0.1, 0.15) is 6.04 Å². The molecule has 0 aliphatic carbocycles. The van der Waals surface area contributed by atoms with Crippen molar-refractivity contribution in [1.29, 1.82) is 0 Å². The van der Waals surface area contributed by atoms with Gasteiger partial charge < -0.3 is 20.9 Å². The van der Waals surface area contributed by atoms with Crippen LogP contribution in [0.1, 0.15) is 19.3 Å². The highest BCUT2D eigenvalue weighted by Crippen LogP contribution is 2.21. The molecule has 1 aliphatic heterocycles. The van der Waals surface area contributed by atoms with E-state index in [-0.39, 0.29) is 6.04 Å². The second-order valence-electron chi connectivity index (χ2n) is 4.03. The molecule has 0 bridgehead atoms. The van der Waals surface area contributed by atoms with Crippen LogP contribution in [0, 0.1) is 5.92 Å². The summed E-state index contributed by atoms with van der Waals surface area (Å²) < 4.78 is 5.27. The second-order valence-corrected chi connectivity index (χ2v) is 4.03. The van der Waals surface area contributed by atoms with Gasteiger partial charge >= 0.3 is 5.97 Å². The summed E-state index contributed by atoms with van der Waals surface area (Å²) in [5.41, 5.74) is 5.53. The molecule has 15 heavy (non-hydrogen) atoms. The fourth-order valence-corrected chi connectivity index (χ4v) is 2.04. The van der Waals surface area contributed by atoms with Gasteiger partial charge in [0.05, 0.1) is 0 Å². The summed E-state index contributed by atoms with van der Waals surface area (Å²) >= 11 is 0. The maximum atomic E-state index is 10.7. The van der Waals surface area contributed by atoms with E-state index in [1.165, 1.54) is 0 Å². The molecule has 0 aromatic carbocycles. The maximum absolute atomic E-state index is 10.7. The summed E-state index contributed by atoms with van der Waals surface area (Å²) in [5, 5.41) is 11.9. The van der Waals surface area contributed by atoms with Gasteiger partial charge in [0.15, 0.2) is 0 Å². The topological polar surface area (TPSA) is 84.6 Å². The van der Waals surface area contributed by atoms with Crippen molar-refractivity contribution in [2.75, 3.05) is 20.3 Å². The number of nitrogens with one attached hydrogen (secondary N) is 1. The Hall–Kier alpha value is -0.650. The zero-order valence-corrected chi connectivity index (χ0v) is 9.11. The molecular formula is C10H20N2O3. The van der Waals surface area contributed by atoms with Crippen molar-refractivity contribution in [3.8, 4) is 0 Å². The van der Waals surface area contributed by atoms with Crippen LogP contribution in [0.25, 0.3) is 0 Å². The van der Waals surface area contributed by atoms with Crippen molar-refractivity contribution in [2.45, 2.75) is 31.3 Å². The first kappa shape index (κ1) is 12.4. The normalized spacial score (nSPS) is 22.3. The van der Waals surface area contributed by atoms with Gasteiger partial charge in [-0.1, -0.05) is 0 Å². The van der Waals surface area contributed by atoms with Gasteiger partial charge in [0, 0.05) is 19.3 Å². The first-order valence-corrected chi connectivity index (χ1v) is 5.38. The molecule has 0 saturated carbocycles. The maximum Gasteiger partial charge on any atom is 0.320 e. The Morgan fingerprint density at radius 2 is 2.20 bits per heavy atom. The van der Waals surface area contributed by atoms with E-state index in [9.17, 15) is 4.79 Å². The molecular weight excluding hydrogens is 196 g/mol. The third kappa shape index (κ3) is 3.77. The highest BCUT2D eigenvalue weighted by molar-refractivity contribution is 5.73. The van der Waals surface area contributed by atoms with Crippen LogP contribution in [-0.2, 0) is 9.53 Å². The quantitative estimate of drug-likeness (QED) is 0.593. The first-order valence-electron chi connectivity index (χ1n) is 5.38. The Morgan fingerprint density at radius 1 is 1.60 bits per heavy atom. The van der Waals surface area contributed by atoms with Gasteiger partial charge in [0.25, 0.3) is 0 Å². The number of nitrogens with two attached hydrogens (primary N) is 1. The fraction of sp³-hybridized carbons (Fsp3) is 0.900. The van der Waals surface area contributed by atoms with E-state index < -0.39 is 12.0 Å². The number of aliphatic carboxylic acids is 1. The highest BCUT2D eigenvalue weighted by atomic mass is 16.5. The number of carboxylic acid groups (broad SMARTS) is 1. The summed E-state index contributed by atoms with van der Waals surface area (Å²) in [4.78, 5) is 10.7. The zero-order valence-electron chi connectivity index (χ0n) is 9.11. The average Bonchev–Trinajstić information content (AvgIpc) is 2.26. The minimum Gasteiger partial charge on any atom is -0.480 e. The lowest BCUT2D eigenvalue weighted by atomic mass is 9.88. The molecule has 1 heterocycles. The molecule has 88 valence electrons. The summed E-state index contributed by atoms with van der Waals surface area (Å²) in [6.07, 6.45) is 2.45. The van der Waals surface area contributed by atoms with Crippen molar-refractivity contribution in [3.05, 3.63) is 0 Å². The summed E-state index contributed by atoms with van der Waals surface area (Å²) in [6, 6.07) is -0.592. The van der Waals surface area contributed by atoms with E-state index in [0.717, 1.165) is 26.1 Å². The number of hydrogen-bond acceptors (Lipinski definition) is 4. The average molecular weight is 216 g/mol. The van der Waals surface area contributed by atoms with Gasteiger partial charge in [-0.25, -0.2) is 0 Å². The Bertz CT molecular complexity index is 205. The lowest BCUT2D eigenvalue weighted by molar-refractivity contribution is -0.138. The van der Waals surface area contributed by atoms with Crippen molar-refractivity contribution >= 4 is 5.97 Å². The minimum atomic E-state index is -0.928. The van der Waals surface area contributed by atoms with Crippen LogP contribution in [-0.4, -0.2) is 43.4 Å². The Labute approximate surface area is 90.0 Å². The monoisotopic (exact) mass is 216 g/mol. The van der Waals surface area contributed by atoms with Gasteiger partial charge in [-0.15, -0.1) is 0 Å². The molecule has 1 aliphatic rings. The summed E-state index contributed by atoms with van der Waals surface area (Å²) in [5.74, 6) is -0.448. The molecule has 0 aromatic rings. The van der Waals surface area contributed by atoms with Gasteiger partial charge in [0.2, 0.25) is 0 Å². The highest BCUT2D eigenvalue weighted by Gasteiger charge is 2.26. The lowest BCUT2D eigenvalue weighted by Crippen LogP contribution is -2.44. The number of carbonyl (C=O) groups is 1. The molecule has 0 spiro atoms. The SMILES string of the molecule is CNC(CC(N)C(=O)O)C1CCOCC1. The van der Waals surface area contributed by atoms with E-state index in [4.69, 9.17) is 15.6 Å². The van der Waals surface area contributed by atoms with Crippen LogP contribution >= 0.6 is 0 Å². The molecule has 0 amide bonds. The van der Waals surface area contributed by atoms with Crippen LogP contribution in [0.15, 0.2) is 0 Å². The predicted octanol–water partition coefficient (Wildman–Crippen LogP) is -0.197. The fourth-order valence-electron chi connectivity index (χ4n) is 2.04.